The number of rotatable bonds is 9. The highest BCUT2D eigenvalue weighted by Crippen LogP contribution is 2.37. The lowest BCUT2D eigenvalue weighted by molar-refractivity contribution is 0.170. The van der Waals surface area contributed by atoms with Crippen LogP contribution in [0.4, 0.5) is 0 Å². The van der Waals surface area contributed by atoms with Crippen LogP contribution >= 0.6 is 0 Å². The number of furan rings is 1. The molecule has 3 heterocycles. The lowest BCUT2D eigenvalue weighted by Crippen LogP contribution is -2.28. The molecule has 1 aromatic carbocycles. The second-order valence-corrected chi connectivity index (χ2v) is 10.6. The first kappa shape index (κ1) is 25.3. The number of aryl methyl sites for hydroxylation is 2. The van der Waals surface area contributed by atoms with Crippen LogP contribution in [-0.2, 0) is 15.6 Å². The molecule has 1 N–H and O–H groups in total. The molecule has 0 aliphatic carbocycles. The van der Waals surface area contributed by atoms with Crippen molar-refractivity contribution in [1.82, 2.24) is 24.7 Å². The van der Waals surface area contributed by atoms with Gasteiger partial charge >= 0.3 is 0 Å². The Hall–Kier alpha value is -3.77. The fourth-order valence-corrected chi connectivity index (χ4v) is 5.06. The summed E-state index contributed by atoms with van der Waals surface area (Å²) >= 11 is 0. The predicted octanol–water partition coefficient (Wildman–Crippen LogP) is 2.99. The van der Waals surface area contributed by atoms with E-state index in [1.807, 2.05) is 0 Å². The van der Waals surface area contributed by atoms with E-state index >= 15 is 0 Å². The molecule has 12 heteroatoms. The molecular formula is C24H27N5O6S. The molecule has 0 amide bonds. The fraction of sp³-hybridized carbons (Fsp3) is 0.333. The normalized spacial score (nSPS) is 13.4. The summed E-state index contributed by atoms with van der Waals surface area (Å²) in [5.41, 5.74) is 1.23. The molecule has 11 nitrogen and oxygen atoms in total. The van der Waals surface area contributed by atoms with Gasteiger partial charge in [0.15, 0.2) is 21.4 Å². The van der Waals surface area contributed by atoms with Crippen LogP contribution in [0.5, 0.6) is 11.5 Å². The van der Waals surface area contributed by atoms with Crippen LogP contribution < -0.4 is 9.47 Å². The quantitative estimate of drug-likeness (QED) is 0.355. The zero-order valence-electron chi connectivity index (χ0n) is 20.5. The maximum atomic E-state index is 13.4. The maximum Gasteiger partial charge on any atom is 0.204 e. The zero-order valence-corrected chi connectivity index (χ0v) is 21.4. The average molecular weight is 514 g/mol. The van der Waals surface area contributed by atoms with Gasteiger partial charge in [-0.1, -0.05) is 6.07 Å². The first-order chi connectivity index (χ1) is 17.2. The van der Waals surface area contributed by atoms with Crippen molar-refractivity contribution in [3.63, 3.8) is 0 Å². The Kier molecular flexibility index (Phi) is 7.09. The first-order valence-electron chi connectivity index (χ1n) is 11.1. The smallest absolute Gasteiger partial charge is 0.204 e. The van der Waals surface area contributed by atoms with E-state index in [9.17, 15) is 13.5 Å². The number of hydrogen-bond acceptors (Lipinski definition) is 10. The summed E-state index contributed by atoms with van der Waals surface area (Å²) in [7, 11) is -0.964. The van der Waals surface area contributed by atoms with Gasteiger partial charge in [0.1, 0.15) is 34.8 Å². The third-order valence-electron chi connectivity index (χ3n) is 5.76. The largest absolute Gasteiger partial charge is 0.494 e. The van der Waals surface area contributed by atoms with E-state index in [0.29, 0.717) is 34.4 Å². The molecule has 0 saturated heterocycles. The highest BCUT2D eigenvalue weighted by atomic mass is 32.2. The van der Waals surface area contributed by atoms with Crippen molar-refractivity contribution in [2.45, 2.75) is 37.9 Å². The second kappa shape index (κ2) is 10.1. The molecule has 36 heavy (non-hydrogen) atoms. The van der Waals surface area contributed by atoms with Crippen molar-refractivity contribution in [2.75, 3.05) is 14.2 Å². The molecule has 0 unspecified atom stereocenters. The average Bonchev–Trinajstić information content (AvgIpc) is 3.48. The molecule has 4 aromatic rings. The monoisotopic (exact) mass is 513 g/mol. The molecule has 2 atom stereocenters. The summed E-state index contributed by atoms with van der Waals surface area (Å²) in [5.74, 6) is 1.71. The lowest BCUT2D eigenvalue weighted by atomic mass is 10.2. The van der Waals surface area contributed by atoms with Crippen molar-refractivity contribution in [3.8, 4) is 28.8 Å². The molecule has 0 fully saturated rings. The highest BCUT2D eigenvalue weighted by Gasteiger charge is 2.34. The minimum atomic E-state index is -3.96. The van der Waals surface area contributed by atoms with E-state index in [-0.39, 0.29) is 17.3 Å². The number of methoxy groups -OCH3 is 2. The maximum absolute atomic E-state index is 13.4. The second-order valence-electron chi connectivity index (χ2n) is 8.24. The van der Waals surface area contributed by atoms with E-state index in [1.54, 1.807) is 44.2 Å². The van der Waals surface area contributed by atoms with Gasteiger partial charge in [-0.2, -0.15) is 0 Å². The molecule has 0 aliphatic heterocycles. The van der Waals surface area contributed by atoms with Crippen LogP contribution in [0.15, 0.2) is 47.1 Å². The Bertz CT molecular complexity index is 1440. The summed E-state index contributed by atoms with van der Waals surface area (Å²) < 4.78 is 45.3. The van der Waals surface area contributed by atoms with Gasteiger partial charge in [-0.15, -0.1) is 10.2 Å². The summed E-state index contributed by atoms with van der Waals surface area (Å²) in [6, 6.07) is 8.68. The van der Waals surface area contributed by atoms with Crippen molar-refractivity contribution in [1.29, 1.82) is 0 Å². The van der Waals surface area contributed by atoms with Crippen molar-refractivity contribution in [2.24, 2.45) is 0 Å². The number of ether oxygens (including phenoxy) is 2. The molecule has 0 bridgehead atoms. The molecule has 0 radical (unpaired) electrons. The number of aromatic nitrogens is 5. The first-order valence-corrected chi connectivity index (χ1v) is 12.8. The van der Waals surface area contributed by atoms with Crippen LogP contribution in [0.1, 0.15) is 36.0 Å². The molecule has 0 spiro atoms. The molecule has 0 saturated carbocycles. The van der Waals surface area contributed by atoms with Gasteiger partial charge in [-0.25, -0.2) is 8.42 Å². The number of aliphatic hydroxyl groups excluding tert-OH is 1. The van der Waals surface area contributed by atoms with Gasteiger partial charge in [0.05, 0.1) is 37.1 Å². The van der Waals surface area contributed by atoms with Gasteiger partial charge in [-0.05, 0) is 45.0 Å². The SMILES string of the molecule is COc1cccc(OC)c1-n1c(CS(=O)(=O)[C@@H](C)[C@H](O)c2cnc(C)cn2)nnc1-c1ccc(C)o1. The number of benzene rings is 1. The van der Waals surface area contributed by atoms with E-state index in [4.69, 9.17) is 13.9 Å². The Labute approximate surface area is 208 Å². The molecule has 3 aromatic heterocycles. The van der Waals surface area contributed by atoms with Crippen LogP contribution in [0.25, 0.3) is 17.3 Å². The molecule has 190 valence electrons. The summed E-state index contributed by atoms with van der Waals surface area (Å²) in [4.78, 5) is 8.22. The van der Waals surface area contributed by atoms with Crippen LogP contribution in [0.2, 0.25) is 0 Å². The summed E-state index contributed by atoms with van der Waals surface area (Å²) in [5, 5.41) is 18.0. The topological polar surface area (TPSA) is 142 Å². The number of aliphatic hydroxyl groups is 1. The van der Waals surface area contributed by atoms with Crippen molar-refractivity contribution < 1.29 is 27.4 Å². The number of sulfone groups is 1. The van der Waals surface area contributed by atoms with Crippen LogP contribution in [0.3, 0.4) is 0 Å². The van der Waals surface area contributed by atoms with E-state index in [1.165, 1.54) is 38.1 Å². The predicted molar refractivity (Wildman–Crippen MR) is 131 cm³/mol. The standard InChI is InChI=1S/C24H27N5O6S/c1-14-11-26-17(12-25-14)23(30)16(3)36(31,32)13-21-27-28-24(20-10-9-15(2)35-20)29(21)22-18(33-4)7-6-8-19(22)34-5/h6-12,16,23,30H,13H2,1-5H3/t16-,23-/m0/s1. The molecule has 4 rings (SSSR count). The van der Waals surface area contributed by atoms with E-state index in [0.717, 1.165) is 0 Å². The van der Waals surface area contributed by atoms with Crippen molar-refractivity contribution in [3.05, 3.63) is 65.7 Å². The highest BCUT2D eigenvalue weighted by molar-refractivity contribution is 7.91. The van der Waals surface area contributed by atoms with Crippen LogP contribution in [0, 0.1) is 13.8 Å². The third-order valence-corrected chi connectivity index (χ3v) is 7.81. The Morgan fingerprint density at radius 1 is 1.03 bits per heavy atom. The van der Waals surface area contributed by atoms with Gasteiger partial charge in [0, 0.05) is 6.20 Å². The van der Waals surface area contributed by atoms with Gasteiger partial charge < -0.3 is 19.0 Å². The Morgan fingerprint density at radius 3 is 2.28 bits per heavy atom. The molecular weight excluding hydrogens is 486 g/mol. The third kappa shape index (κ3) is 4.82. The van der Waals surface area contributed by atoms with Gasteiger partial charge in [0.2, 0.25) is 5.82 Å². The Morgan fingerprint density at radius 2 is 1.72 bits per heavy atom. The fourth-order valence-electron chi connectivity index (χ4n) is 3.71. The number of para-hydroxylation sites is 1. The summed E-state index contributed by atoms with van der Waals surface area (Å²) in [6.07, 6.45) is 1.46. The zero-order chi connectivity index (χ0) is 26.0. The van der Waals surface area contributed by atoms with E-state index in [2.05, 4.69) is 20.2 Å². The minimum Gasteiger partial charge on any atom is -0.494 e. The van der Waals surface area contributed by atoms with Gasteiger partial charge in [0.25, 0.3) is 0 Å². The van der Waals surface area contributed by atoms with E-state index < -0.39 is 26.9 Å². The summed E-state index contributed by atoms with van der Waals surface area (Å²) in [6.45, 7) is 4.96. The Balaban J connectivity index is 1.81. The number of nitrogens with zero attached hydrogens (tertiary/aromatic N) is 5. The van der Waals surface area contributed by atoms with Crippen molar-refractivity contribution >= 4 is 9.84 Å². The number of hydrogen-bond donors (Lipinski definition) is 1. The van der Waals surface area contributed by atoms with Gasteiger partial charge in [-0.3, -0.25) is 14.5 Å². The molecule has 0 aliphatic rings. The van der Waals surface area contributed by atoms with Crippen LogP contribution in [-0.4, -0.2) is 57.7 Å². The minimum absolute atomic E-state index is 0.0934. The lowest BCUT2D eigenvalue weighted by Gasteiger charge is -2.20.